The Balaban J connectivity index is 1.85. The number of aromatic nitrogens is 1. The Morgan fingerprint density at radius 2 is 2.25 bits per heavy atom. The molecule has 0 bridgehead atoms. The average Bonchev–Trinajstić information content (AvgIpc) is 2.91. The van der Waals surface area contributed by atoms with Gasteiger partial charge < -0.3 is 10.6 Å². The van der Waals surface area contributed by atoms with Crippen molar-refractivity contribution in [3.05, 3.63) is 45.9 Å². The maximum atomic E-state index is 5.90. The lowest BCUT2D eigenvalue weighted by Crippen LogP contribution is -2.36. The highest BCUT2D eigenvalue weighted by Crippen LogP contribution is 2.32. The van der Waals surface area contributed by atoms with Crippen molar-refractivity contribution >= 4 is 17.0 Å². The Morgan fingerprint density at radius 1 is 1.45 bits per heavy atom. The summed E-state index contributed by atoms with van der Waals surface area (Å²) in [6.07, 6.45) is 2.39. The molecule has 1 aliphatic heterocycles. The van der Waals surface area contributed by atoms with Crippen molar-refractivity contribution in [2.45, 2.75) is 45.3 Å². The van der Waals surface area contributed by atoms with E-state index in [1.807, 2.05) is 6.92 Å². The van der Waals surface area contributed by atoms with Crippen molar-refractivity contribution in [1.82, 2.24) is 4.98 Å². The van der Waals surface area contributed by atoms with Crippen molar-refractivity contribution < 1.29 is 0 Å². The van der Waals surface area contributed by atoms with E-state index in [0.717, 1.165) is 17.2 Å². The van der Waals surface area contributed by atoms with Gasteiger partial charge in [-0.05, 0) is 38.3 Å². The second kappa shape index (κ2) is 5.54. The van der Waals surface area contributed by atoms with Gasteiger partial charge in [0.2, 0.25) is 0 Å². The zero-order chi connectivity index (χ0) is 14.1. The van der Waals surface area contributed by atoms with E-state index in [1.54, 1.807) is 11.3 Å². The predicted octanol–water partition coefficient (Wildman–Crippen LogP) is 3.50. The molecule has 2 N–H and O–H groups in total. The average molecular weight is 287 g/mol. The Kier molecular flexibility index (Phi) is 3.76. The third kappa shape index (κ3) is 2.58. The highest BCUT2D eigenvalue weighted by molar-refractivity contribution is 7.09. The minimum atomic E-state index is 0.0276. The van der Waals surface area contributed by atoms with E-state index < -0.39 is 0 Å². The van der Waals surface area contributed by atoms with E-state index in [1.165, 1.54) is 24.1 Å². The molecular weight excluding hydrogens is 266 g/mol. The molecule has 0 radical (unpaired) electrons. The first-order valence-corrected chi connectivity index (χ1v) is 8.07. The molecule has 2 heterocycles. The van der Waals surface area contributed by atoms with Crippen molar-refractivity contribution in [2.75, 3.05) is 4.90 Å². The zero-order valence-electron chi connectivity index (χ0n) is 12.0. The van der Waals surface area contributed by atoms with Crippen LogP contribution in [0.2, 0.25) is 0 Å². The summed E-state index contributed by atoms with van der Waals surface area (Å²) in [6.45, 7) is 5.16. The number of hydrogen-bond acceptors (Lipinski definition) is 4. The molecule has 2 atom stereocenters. The van der Waals surface area contributed by atoms with Crippen LogP contribution in [0.4, 0.5) is 5.69 Å². The Hall–Kier alpha value is -1.39. The quantitative estimate of drug-likeness (QED) is 0.939. The molecule has 0 saturated heterocycles. The number of para-hydroxylation sites is 1. The van der Waals surface area contributed by atoms with Gasteiger partial charge in [-0.3, -0.25) is 0 Å². The lowest BCUT2D eigenvalue weighted by atomic mass is 9.96. The fourth-order valence-electron chi connectivity index (χ4n) is 2.78. The standard InChI is InChI=1S/C16H21N3S/c1-11-7-8-13-5-3-4-6-15(13)19(11)9-14-10-20-16(18-14)12(2)17/h3-6,10-12H,7-9,17H2,1-2H3. The van der Waals surface area contributed by atoms with Crippen LogP contribution in [-0.4, -0.2) is 11.0 Å². The highest BCUT2D eigenvalue weighted by Gasteiger charge is 2.23. The first-order valence-electron chi connectivity index (χ1n) is 7.19. The van der Waals surface area contributed by atoms with Crippen molar-refractivity contribution in [1.29, 1.82) is 0 Å². The summed E-state index contributed by atoms with van der Waals surface area (Å²) in [5.74, 6) is 0. The number of nitrogens with zero attached hydrogens (tertiary/aromatic N) is 2. The number of thiazole rings is 1. The topological polar surface area (TPSA) is 42.1 Å². The number of rotatable bonds is 3. The third-order valence-electron chi connectivity index (χ3n) is 3.96. The van der Waals surface area contributed by atoms with Crippen LogP contribution in [0.3, 0.4) is 0 Å². The Morgan fingerprint density at radius 3 is 3.00 bits per heavy atom. The van der Waals surface area contributed by atoms with Crippen LogP contribution in [0.5, 0.6) is 0 Å². The lowest BCUT2D eigenvalue weighted by molar-refractivity contribution is 0.556. The number of nitrogens with two attached hydrogens (primary N) is 1. The summed E-state index contributed by atoms with van der Waals surface area (Å²) in [5, 5.41) is 3.17. The normalized spacial score (nSPS) is 19.8. The summed E-state index contributed by atoms with van der Waals surface area (Å²) < 4.78 is 0. The highest BCUT2D eigenvalue weighted by atomic mass is 32.1. The SMILES string of the molecule is CC(N)c1nc(CN2c3ccccc3CCC2C)cs1. The molecule has 0 saturated carbocycles. The Bertz CT molecular complexity index is 591. The molecule has 3 rings (SSSR count). The fraction of sp³-hybridized carbons (Fsp3) is 0.438. The largest absolute Gasteiger partial charge is 0.363 e. The third-order valence-corrected chi connectivity index (χ3v) is 5.05. The molecule has 0 aliphatic carbocycles. The monoisotopic (exact) mass is 287 g/mol. The van der Waals surface area contributed by atoms with Crippen LogP contribution in [0.25, 0.3) is 0 Å². The van der Waals surface area contributed by atoms with Crippen LogP contribution < -0.4 is 10.6 Å². The van der Waals surface area contributed by atoms with Gasteiger partial charge in [-0.15, -0.1) is 11.3 Å². The molecule has 1 aromatic carbocycles. The molecule has 4 heteroatoms. The smallest absolute Gasteiger partial charge is 0.109 e. The van der Waals surface area contributed by atoms with Gasteiger partial charge in [0.25, 0.3) is 0 Å². The Labute approximate surface area is 124 Å². The molecule has 20 heavy (non-hydrogen) atoms. The summed E-state index contributed by atoms with van der Waals surface area (Å²) in [5.41, 5.74) is 9.84. The maximum absolute atomic E-state index is 5.90. The summed E-state index contributed by atoms with van der Waals surface area (Å²) >= 11 is 1.67. The molecule has 3 nitrogen and oxygen atoms in total. The van der Waals surface area contributed by atoms with Gasteiger partial charge in [-0.25, -0.2) is 4.98 Å². The van der Waals surface area contributed by atoms with E-state index in [0.29, 0.717) is 6.04 Å². The molecule has 0 fully saturated rings. The first-order chi connectivity index (χ1) is 9.65. The molecule has 2 unspecified atom stereocenters. The van der Waals surface area contributed by atoms with E-state index in [4.69, 9.17) is 5.73 Å². The second-order valence-electron chi connectivity index (χ2n) is 5.61. The number of hydrogen-bond donors (Lipinski definition) is 1. The van der Waals surface area contributed by atoms with Crippen LogP contribution in [0.15, 0.2) is 29.6 Å². The minimum absolute atomic E-state index is 0.0276. The molecule has 106 valence electrons. The number of benzene rings is 1. The van der Waals surface area contributed by atoms with E-state index in [-0.39, 0.29) is 6.04 Å². The zero-order valence-corrected chi connectivity index (χ0v) is 12.9. The van der Waals surface area contributed by atoms with Gasteiger partial charge in [0, 0.05) is 17.1 Å². The minimum Gasteiger partial charge on any atom is -0.363 e. The van der Waals surface area contributed by atoms with Crippen molar-refractivity contribution in [2.24, 2.45) is 5.73 Å². The van der Waals surface area contributed by atoms with Gasteiger partial charge in [-0.1, -0.05) is 18.2 Å². The number of anilines is 1. The predicted molar refractivity (Wildman–Crippen MR) is 85.1 cm³/mol. The van der Waals surface area contributed by atoms with Crippen LogP contribution in [0, 0.1) is 0 Å². The van der Waals surface area contributed by atoms with Crippen LogP contribution >= 0.6 is 11.3 Å². The molecular formula is C16H21N3S. The van der Waals surface area contributed by atoms with E-state index >= 15 is 0 Å². The summed E-state index contributed by atoms with van der Waals surface area (Å²) in [6, 6.07) is 9.31. The van der Waals surface area contributed by atoms with E-state index in [9.17, 15) is 0 Å². The van der Waals surface area contributed by atoms with Crippen LogP contribution in [-0.2, 0) is 13.0 Å². The van der Waals surface area contributed by atoms with Gasteiger partial charge in [0.05, 0.1) is 18.3 Å². The fourth-order valence-corrected chi connectivity index (χ4v) is 3.55. The van der Waals surface area contributed by atoms with Crippen molar-refractivity contribution in [3.63, 3.8) is 0 Å². The molecule has 0 amide bonds. The maximum Gasteiger partial charge on any atom is 0.109 e. The summed E-state index contributed by atoms with van der Waals surface area (Å²) in [7, 11) is 0. The van der Waals surface area contributed by atoms with E-state index in [2.05, 4.69) is 46.5 Å². The molecule has 0 spiro atoms. The van der Waals surface area contributed by atoms with Crippen molar-refractivity contribution in [3.8, 4) is 0 Å². The molecule has 1 aliphatic rings. The molecule has 2 aromatic rings. The number of aryl methyl sites for hydroxylation is 1. The molecule has 1 aromatic heterocycles. The van der Waals surface area contributed by atoms with Crippen LogP contribution in [0.1, 0.15) is 42.6 Å². The second-order valence-corrected chi connectivity index (χ2v) is 6.50. The number of fused-ring (bicyclic) bond motifs is 1. The van der Waals surface area contributed by atoms with Gasteiger partial charge >= 0.3 is 0 Å². The summed E-state index contributed by atoms with van der Waals surface area (Å²) in [4.78, 5) is 7.13. The van der Waals surface area contributed by atoms with Gasteiger partial charge in [0.1, 0.15) is 5.01 Å². The lowest BCUT2D eigenvalue weighted by Gasteiger charge is -2.36. The first kappa shape index (κ1) is 13.6. The van der Waals surface area contributed by atoms with Gasteiger partial charge in [-0.2, -0.15) is 0 Å². The van der Waals surface area contributed by atoms with Gasteiger partial charge in [0.15, 0.2) is 0 Å².